The molecule has 27 heavy (non-hydrogen) atoms. The molecule has 0 aromatic heterocycles. The molecule has 1 saturated heterocycles. The third-order valence-electron chi connectivity index (χ3n) is 4.83. The second-order valence-corrected chi connectivity index (χ2v) is 7.29. The minimum absolute atomic E-state index is 0.234. The molecule has 0 unspecified atom stereocenters. The SMILES string of the molecule is COc1cc(Cl)cc(-c2cc(F)ccc2N(C[C@@H]2CCN(C)C2)C(=O)O)c1. The third-order valence-corrected chi connectivity index (χ3v) is 5.05. The van der Waals surface area contributed by atoms with E-state index in [1.165, 1.54) is 30.2 Å². The van der Waals surface area contributed by atoms with Crippen LogP contribution >= 0.6 is 11.6 Å². The molecule has 0 radical (unpaired) electrons. The van der Waals surface area contributed by atoms with Crippen molar-refractivity contribution in [3.63, 3.8) is 0 Å². The Morgan fingerprint density at radius 3 is 2.78 bits per heavy atom. The zero-order chi connectivity index (χ0) is 19.6. The fourth-order valence-electron chi connectivity index (χ4n) is 3.52. The summed E-state index contributed by atoms with van der Waals surface area (Å²) in [4.78, 5) is 15.5. The van der Waals surface area contributed by atoms with Crippen LogP contribution in [-0.2, 0) is 0 Å². The highest BCUT2D eigenvalue weighted by Crippen LogP contribution is 2.36. The van der Waals surface area contributed by atoms with E-state index in [1.807, 2.05) is 7.05 Å². The summed E-state index contributed by atoms with van der Waals surface area (Å²) in [6, 6.07) is 9.14. The molecule has 1 fully saturated rings. The summed E-state index contributed by atoms with van der Waals surface area (Å²) in [6.45, 7) is 2.14. The maximum Gasteiger partial charge on any atom is 0.411 e. The number of ether oxygens (including phenoxy) is 1. The first-order valence-electron chi connectivity index (χ1n) is 8.71. The Hall–Kier alpha value is -2.31. The van der Waals surface area contributed by atoms with Gasteiger partial charge in [-0.1, -0.05) is 11.6 Å². The van der Waals surface area contributed by atoms with E-state index >= 15 is 0 Å². The number of nitrogens with zero attached hydrogens (tertiary/aromatic N) is 2. The Morgan fingerprint density at radius 1 is 1.37 bits per heavy atom. The lowest BCUT2D eigenvalue weighted by Gasteiger charge is -2.25. The summed E-state index contributed by atoms with van der Waals surface area (Å²) in [5.74, 6) is 0.309. The Labute approximate surface area is 162 Å². The molecule has 1 aliphatic rings. The molecule has 2 aromatic carbocycles. The number of hydrogen-bond donors (Lipinski definition) is 1. The van der Waals surface area contributed by atoms with Gasteiger partial charge in [0.15, 0.2) is 0 Å². The number of carbonyl (C=O) groups is 1. The zero-order valence-electron chi connectivity index (χ0n) is 15.3. The normalized spacial score (nSPS) is 17.1. The predicted octanol–water partition coefficient (Wildman–Crippen LogP) is 4.59. The second kappa shape index (κ2) is 8.15. The highest BCUT2D eigenvalue weighted by atomic mass is 35.5. The van der Waals surface area contributed by atoms with Crippen LogP contribution in [0.25, 0.3) is 11.1 Å². The van der Waals surface area contributed by atoms with E-state index in [2.05, 4.69) is 4.90 Å². The standard InChI is InChI=1S/C20H22ClFN2O3/c1-23-6-5-13(11-23)12-24(20(25)26)19-4-3-16(22)10-18(19)14-7-15(21)9-17(8-14)27-2/h3-4,7-10,13H,5-6,11-12H2,1-2H3,(H,25,26)/t13-/m1/s1. The molecule has 0 aliphatic carbocycles. The van der Waals surface area contributed by atoms with E-state index in [0.717, 1.165) is 19.5 Å². The van der Waals surface area contributed by atoms with E-state index in [4.69, 9.17) is 16.3 Å². The van der Waals surface area contributed by atoms with Gasteiger partial charge in [-0.2, -0.15) is 0 Å². The minimum Gasteiger partial charge on any atom is -0.497 e. The number of halogens is 2. The largest absolute Gasteiger partial charge is 0.497 e. The molecule has 1 atom stereocenters. The Morgan fingerprint density at radius 2 is 2.15 bits per heavy atom. The van der Waals surface area contributed by atoms with Gasteiger partial charge in [0.25, 0.3) is 0 Å². The fourth-order valence-corrected chi connectivity index (χ4v) is 3.75. The van der Waals surface area contributed by atoms with Gasteiger partial charge in [0, 0.05) is 23.7 Å². The minimum atomic E-state index is -1.06. The highest BCUT2D eigenvalue weighted by molar-refractivity contribution is 6.31. The molecule has 1 aliphatic heterocycles. The van der Waals surface area contributed by atoms with Gasteiger partial charge in [0.2, 0.25) is 0 Å². The number of carboxylic acid groups (broad SMARTS) is 1. The molecule has 5 nitrogen and oxygen atoms in total. The van der Waals surface area contributed by atoms with Gasteiger partial charge in [-0.3, -0.25) is 4.90 Å². The van der Waals surface area contributed by atoms with Gasteiger partial charge >= 0.3 is 6.09 Å². The number of methoxy groups -OCH3 is 1. The summed E-state index contributed by atoms with van der Waals surface area (Å²) < 4.78 is 19.2. The Bertz CT molecular complexity index is 846. The van der Waals surface area contributed by atoms with Gasteiger partial charge in [0.05, 0.1) is 12.8 Å². The van der Waals surface area contributed by atoms with Crippen LogP contribution in [0, 0.1) is 11.7 Å². The van der Waals surface area contributed by atoms with E-state index in [9.17, 15) is 14.3 Å². The smallest absolute Gasteiger partial charge is 0.411 e. The maximum absolute atomic E-state index is 14.0. The first-order valence-corrected chi connectivity index (χ1v) is 9.08. The van der Waals surface area contributed by atoms with Crippen molar-refractivity contribution < 1.29 is 19.0 Å². The van der Waals surface area contributed by atoms with Crippen molar-refractivity contribution in [3.8, 4) is 16.9 Å². The number of amides is 1. The van der Waals surface area contributed by atoms with Crippen LogP contribution in [0.2, 0.25) is 5.02 Å². The molecule has 1 amide bonds. The highest BCUT2D eigenvalue weighted by Gasteiger charge is 2.27. The van der Waals surface area contributed by atoms with Crippen molar-refractivity contribution in [2.75, 3.05) is 38.7 Å². The molecule has 1 N–H and O–H groups in total. The molecule has 7 heteroatoms. The number of likely N-dealkylation sites (tertiary alicyclic amines) is 1. The monoisotopic (exact) mass is 392 g/mol. The molecule has 144 valence electrons. The average molecular weight is 393 g/mol. The zero-order valence-corrected chi connectivity index (χ0v) is 16.0. The number of anilines is 1. The molecule has 3 rings (SSSR count). The van der Waals surface area contributed by atoms with E-state index in [0.29, 0.717) is 34.1 Å². The van der Waals surface area contributed by atoms with Crippen molar-refractivity contribution in [2.24, 2.45) is 5.92 Å². The van der Waals surface area contributed by atoms with Gasteiger partial charge in [0.1, 0.15) is 11.6 Å². The first kappa shape index (κ1) is 19.5. The predicted molar refractivity (Wildman–Crippen MR) is 104 cm³/mol. The van der Waals surface area contributed by atoms with Crippen LogP contribution in [0.15, 0.2) is 36.4 Å². The number of rotatable bonds is 5. The van der Waals surface area contributed by atoms with Crippen molar-refractivity contribution in [1.29, 1.82) is 0 Å². The Balaban J connectivity index is 2.04. The molecular formula is C20H22ClFN2O3. The van der Waals surface area contributed by atoms with Crippen LogP contribution < -0.4 is 9.64 Å². The molecule has 0 spiro atoms. The molecule has 0 bridgehead atoms. The Kier molecular flexibility index (Phi) is 5.87. The van der Waals surface area contributed by atoms with E-state index in [-0.39, 0.29) is 5.92 Å². The summed E-state index contributed by atoms with van der Waals surface area (Å²) in [5, 5.41) is 10.2. The molecule has 0 saturated carbocycles. The van der Waals surface area contributed by atoms with Crippen molar-refractivity contribution >= 4 is 23.4 Å². The summed E-state index contributed by atoms with van der Waals surface area (Å²) >= 11 is 6.16. The van der Waals surface area contributed by atoms with Crippen molar-refractivity contribution in [2.45, 2.75) is 6.42 Å². The number of hydrogen-bond acceptors (Lipinski definition) is 3. The fraction of sp³-hybridized carbons (Fsp3) is 0.350. The maximum atomic E-state index is 14.0. The van der Waals surface area contributed by atoms with E-state index < -0.39 is 11.9 Å². The summed E-state index contributed by atoms with van der Waals surface area (Å²) in [7, 11) is 3.54. The van der Waals surface area contributed by atoms with Crippen LogP contribution in [-0.4, -0.2) is 49.9 Å². The quantitative estimate of drug-likeness (QED) is 0.808. The van der Waals surface area contributed by atoms with Gasteiger partial charge in [-0.25, -0.2) is 9.18 Å². The van der Waals surface area contributed by atoms with Gasteiger partial charge in [-0.15, -0.1) is 0 Å². The topological polar surface area (TPSA) is 53.0 Å². The average Bonchev–Trinajstić information content (AvgIpc) is 3.04. The number of benzene rings is 2. The van der Waals surface area contributed by atoms with Crippen LogP contribution in [0.4, 0.5) is 14.9 Å². The molecule has 1 heterocycles. The molecule has 2 aromatic rings. The van der Waals surface area contributed by atoms with E-state index in [1.54, 1.807) is 18.2 Å². The third kappa shape index (κ3) is 4.51. The van der Waals surface area contributed by atoms with Crippen molar-refractivity contribution in [1.82, 2.24) is 4.90 Å². The van der Waals surface area contributed by atoms with Crippen LogP contribution in [0.1, 0.15) is 6.42 Å². The first-order chi connectivity index (χ1) is 12.9. The van der Waals surface area contributed by atoms with Gasteiger partial charge in [-0.05, 0) is 67.9 Å². The lowest BCUT2D eigenvalue weighted by atomic mass is 10.0. The summed E-state index contributed by atoms with van der Waals surface area (Å²) in [5.41, 5.74) is 1.50. The molecular weight excluding hydrogens is 371 g/mol. The summed E-state index contributed by atoms with van der Waals surface area (Å²) in [6.07, 6.45) is -0.131. The lowest BCUT2D eigenvalue weighted by molar-refractivity contribution is 0.200. The van der Waals surface area contributed by atoms with Crippen LogP contribution in [0.3, 0.4) is 0 Å². The second-order valence-electron chi connectivity index (χ2n) is 6.85. The van der Waals surface area contributed by atoms with Gasteiger partial charge < -0.3 is 14.7 Å². The van der Waals surface area contributed by atoms with Crippen LogP contribution in [0.5, 0.6) is 5.75 Å². The lowest BCUT2D eigenvalue weighted by Crippen LogP contribution is -2.35. The van der Waals surface area contributed by atoms with Crippen molar-refractivity contribution in [3.05, 3.63) is 47.2 Å².